The van der Waals surface area contributed by atoms with Gasteiger partial charge in [0.1, 0.15) is 0 Å². The summed E-state index contributed by atoms with van der Waals surface area (Å²) in [4.78, 5) is 4.35. The molecule has 2 aromatic heterocycles. The molecule has 0 saturated carbocycles. The van der Waals surface area contributed by atoms with E-state index in [-0.39, 0.29) is 0 Å². The van der Waals surface area contributed by atoms with Crippen molar-refractivity contribution in [3.8, 4) is 0 Å². The molecule has 0 bridgehead atoms. The molecule has 2 nitrogen and oxygen atoms in total. The van der Waals surface area contributed by atoms with Gasteiger partial charge in [-0.15, -0.1) is 0 Å². The van der Waals surface area contributed by atoms with Crippen LogP contribution in [0.4, 0.5) is 0 Å². The standard InChI is InChI=1S/C13H14N2/c1-2-5-11(6-3-1)15-10-8-12-13(15)7-4-9-14-12/h2,4-5,7-11H,1,3,6H2. The Kier molecular flexibility index (Phi) is 2.05. The van der Waals surface area contributed by atoms with Gasteiger partial charge in [0.2, 0.25) is 0 Å². The molecule has 1 unspecified atom stereocenters. The maximum Gasteiger partial charge on any atom is 0.0881 e. The zero-order valence-corrected chi connectivity index (χ0v) is 8.63. The molecule has 0 N–H and O–H groups in total. The fourth-order valence-electron chi connectivity index (χ4n) is 2.30. The normalized spacial score (nSPS) is 20.9. The number of nitrogens with zero attached hydrogens (tertiary/aromatic N) is 2. The third kappa shape index (κ3) is 1.46. The highest BCUT2D eigenvalue weighted by molar-refractivity contribution is 5.75. The third-order valence-electron chi connectivity index (χ3n) is 3.07. The van der Waals surface area contributed by atoms with E-state index in [2.05, 4.69) is 40.0 Å². The SMILES string of the molecule is C1=CC(n2ccc3ncccc32)CCC1. The zero-order valence-electron chi connectivity index (χ0n) is 8.63. The highest BCUT2D eigenvalue weighted by Gasteiger charge is 2.12. The summed E-state index contributed by atoms with van der Waals surface area (Å²) >= 11 is 0. The van der Waals surface area contributed by atoms with Crippen LogP contribution in [0, 0.1) is 0 Å². The van der Waals surface area contributed by atoms with Crippen molar-refractivity contribution >= 4 is 11.0 Å². The Morgan fingerprint density at radius 1 is 1.33 bits per heavy atom. The minimum absolute atomic E-state index is 0.528. The summed E-state index contributed by atoms with van der Waals surface area (Å²) in [6.07, 6.45) is 12.4. The van der Waals surface area contributed by atoms with Gasteiger partial charge in [-0.3, -0.25) is 4.98 Å². The molecule has 1 aliphatic carbocycles. The molecule has 0 spiro atoms. The predicted octanol–water partition coefficient (Wildman–Crippen LogP) is 3.32. The van der Waals surface area contributed by atoms with Crippen molar-refractivity contribution in [2.24, 2.45) is 0 Å². The lowest BCUT2D eigenvalue weighted by Crippen LogP contribution is -2.07. The van der Waals surface area contributed by atoms with Crippen LogP contribution in [0.5, 0.6) is 0 Å². The first-order valence-corrected chi connectivity index (χ1v) is 5.53. The van der Waals surface area contributed by atoms with Crippen molar-refractivity contribution in [2.45, 2.75) is 25.3 Å². The summed E-state index contributed by atoms with van der Waals surface area (Å²) in [5, 5.41) is 0. The van der Waals surface area contributed by atoms with Crippen LogP contribution in [0.3, 0.4) is 0 Å². The Balaban J connectivity index is 2.10. The van der Waals surface area contributed by atoms with Crippen molar-refractivity contribution < 1.29 is 0 Å². The maximum absolute atomic E-state index is 4.35. The monoisotopic (exact) mass is 198 g/mol. The van der Waals surface area contributed by atoms with Gasteiger partial charge in [-0.2, -0.15) is 0 Å². The minimum Gasteiger partial charge on any atom is -0.339 e. The van der Waals surface area contributed by atoms with Gasteiger partial charge in [0.05, 0.1) is 17.1 Å². The van der Waals surface area contributed by atoms with Crippen LogP contribution >= 0.6 is 0 Å². The lowest BCUT2D eigenvalue weighted by Gasteiger charge is -2.19. The summed E-state index contributed by atoms with van der Waals surface area (Å²) in [6, 6.07) is 6.77. The molecule has 15 heavy (non-hydrogen) atoms. The Morgan fingerprint density at radius 2 is 2.33 bits per heavy atom. The third-order valence-corrected chi connectivity index (χ3v) is 3.07. The lowest BCUT2D eigenvalue weighted by atomic mass is 10.0. The van der Waals surface area contributed by atoms with Crippen LogP contribution in [0.1, 0.15) is 25.3 Å². The van der Waals surface area contributed by atoms with Crippen LogP contribution in [0.2, 0.25) is 0 Å². The molecule has 0 amide bonds. The highest BCUT2D eigenvalue weighted by Crippen LogP contribution is 2.26. The van der Waals surface area contributed by atoms with E-state index in [9.17, 15) is 0 Å². The highest BCUT2D eigenvalue weighted by atomic mass is 15.0. The smallest absolute Gasteiger partial charge is 0.0881 e. The maximum atomic E-state index is 4.35. The van der Waals surface area contributed by atoms with Gasteiger partial charge in [-0.1, -0.05) is 12.2 Å². The molecular weight excluding hydrogens is 184 g/mol. The molecule has 2 heterocycles. The topological polar surface area (TPSA) is 17.8 Å². The number of aromatic nitrogens is 2. The van der Waals surface area contributed by atoms with E-state index in [1.54, 1.807) is 0 Å². The zero-order chi connectivity index (χ0) is 10.1. The van der Waals surface area contributed by atoms with Crippen molar-refractivity contribution in [3.63, 3.8) is 0 Å². The Morgan fingerprint density at radius 3 is 3.20 bits per heavy atom. The second-order valence-corrected chi connectivity index (χ2v) is 4.06. The average molecular weight is 198 g/mol. The molecule has 3 rings (SSSR count). The van der Waals surface area contributed by atoms with Crippen molar-refractivity contribution in [2.75, 3.05) is 0 Å². The van der Waals surface area contributed by atoms with Crippen LogP contribution in [-0.4, -0.2) is 9.55 Å². The van der Waals surface area contributed by atoms with E-state index in [0.717, 1.165) is 5.52 Å². The Hall–Kier alpha value is -1.57. The molecule has 76 valence electrons. The molecule has 2 heteroatoms. The second-order valence-electron chi connectivity index (χ2n) is 4.06. The van der Waals surface area contributed by atoms with E-state index in [4.69, 9.17) is 0 Å². The molecule has 0 saturated heterocycles. The van der Waals surface area contributed by atoms with Crippen LogP contribution in [0.25, 0.3) is 11.0 Å². The lowest BCUT2D eigenvalue weighted by molar-refractivity contribution is 0.531. The summed E-state index contributed by atoms with van der Waals surface area (Å²) in [5.41, 5.74) is 2.34. The van der Waals surface area contributed by atoms with Gasteiger partial charge in [0.25, 0.3) is 0 Å². The first kappa shape index (κ1) is 8.72. The van der Waals surface area contributed by atoms with E-state index in [1.807, 2.05) is 12.3 Å². The molecule has 0 aromatic carbocycles. The molecule has 0 fully saturated rings. The number of hydrogen-bond donors (Lipinski definition) is 0. The van der Waals surface area contributed by atoms with Gasteiger partial charge in [-0.05, 0) is 37.5 Å². The van der Waals surface area contributed by atoms with Crippen LogP contribution < -0.4 is 0 Å². The quantitative estimate of drug-likeness (QED) is 0.643. The van der Waals surface area contributed by atoms with Crippen molar-refractivity contribution in [1.29, 1.82) is 0 Å². The summed E-state index contributed by atoms with van der Waals surface area (Å²) < 4.78 is 2.33. The van der Waals surface area contributed by atoms with Crippen LogP contribution in [-0.2, 0) is 0 Å². The number of pyridine rings is 1. The number of rotatable bonds is 1. The first-order valence-electron chi connectivity index (χ1n) is 5.53. The van der Waals surface area contributed by atoms with E-state index in [1.165, 1.54) is 24.8 Å². The number of fused-ring (bicyclic) bond motifs is 1. The fourth-order valence-corrected chi connectivity index (χ4v) is 2.30. The molecular formula is C13H14N2. The summed E-state index contributed by atoms with van der Waals surface area (Å²) in [7, 11) is 0. The van der Waals surface area contributed by atoms with Gasteiger partial charge in [0, 0.05) is 12.4 Å². The average Bonchev–Trinajstić information content (AvgIpc) is 2.74. The van der Waals surface area contributed by atoms with E-state index >= 15 is 0 Å². The van der Waals surface area contributed by atoms with Gasteiger partial charge in [-0.25, -0.2) is 0 Å². The van der Waals surface area contributed by atoms with E-state index in [0.29, 0.717) is 6.04 Å². The minimum atomic E-state index is 0.528. The Labute approximate surface area is 89.2 Å². The largest absolute Gasteiger partial charge is 0.339 e. The number of hydrogen-bond acceptors (Lipinski definition) is 1. The van der Waals surface area contributed by atoms with Gasteiger partial charge >= 0.3 is 0 Å². The predicted molar refractivity (Wildman–Crippen MR) is 61.8 cm³/mol. The molecule has 0 radical (unpaired) electrons. The first-order chi connectivity index (χ1) is 7.45. The molecule has 2 aromatic rings. The van der Waals surface area contributed by atoms with E-state index < -0.39 is 0 Å². The van der Waals surface area contributed by atoms with Gasteiger partial charge in [0.15, 0.2) is 0 Å². The second kappa shape index (κ2) is 3.54. The molecule has 1 atom stereocenters. The van der Waals surface area contributed by atoms with Crippen molar-refractivity contribution in [3.05, 3.63) is 42.7 Å². The summed E-state index contributed by atoms with van der Waals surface area (Å²) in [5.74, 6) is 0. The van der Waals surface area contributed by atoms with Crippen molar-refractivity contribution in [1.82, 2.24) is 9.55 Å². The molecule has 1 aliphatic rings. The fraction of sp³-hybridized carbons (Fsp3) is 0.308. The molecule has 0 aliphatic heterocycles. The Bertz CT molecular complexity index is 496. The van der Waals surface area contributed by atoms with Crippen LogP contribution in [0.15, 0.2) is 42.7 Å². The van der Waals surface area contributed by atoms with Gasteiger partial charge < -0.3 is 4.57 Å². The summed E-state index contributed by atoms with van der Waals surface area (Å²) in [6.45, 7) is 0. The number of allylic oxidation sites excluding steroid dienone is 2.